The van der Waals surface area contributed by atoms with Crippen LogP contribution in [0.4, 0.5) is 4.79 Å². The van der Waals surface area contributed by atoms with Crippen molar-refractivity contribution in [3.63, 3.8) is 0 Å². The number of ether oxygens (including phenoxy) is 1. The first-order valence-corrected chi connectivity index (χ1v) is 9.43. The van der Waals surface area contributed by atoms with E-state index in [1.807, 2.05) is 12.1 Å². The number of carbonyl (C=O) groups is 1. The van der Waals surface area contributed by atoms with Crippen molar-refractivity contribution in [3.05, 3.63) is 34.3 Å². The van der Waals surface area contributed by atoms with Crippen LogP contribution in [0.2, 0.25) is 0 Å². The molecule has 1 aromatic heterocycles. The molecule has 0 saturated carbocycles. The highest BCUT2D eigenvalue weighted by atomic mass is 16.5. The van der Waals surface area contributed by atoms with Gasteiger partial charge in [-0.1, -0.05) is 6.07 Å². The Morgan fingerprint density at radius 2 is 2.15 bits per heavy atom. The van der Waals surface area contributed by atoms with Gasteiger partial charge in [0, 0.05) is 32.8 Å². The maximum atomic E-state index is 12.0. The standard InChI is InChI=1S/C20H29N3O4/c1-20(2)15(6-5-11-26-4)14(9-10-23(20)18(21)24)13-7-8-16-17(12-13)27-19(25)22(16)3/h7-8,12,14-15H,5-6,9-11H2,1-4H3,(H2,21,24). The molecule has 0 aliphatic carbocycles. The van der Waals surface area contributed by atoms with Gasteiger partial charge in [0.2, 0.25) is 0 Å². The number of fused-ring (bicyclic) bond motifs is 1. The second-order valence-corrected chi connectivity index (χ2v) is 7.93. The smallest absolute Gasteiger partial charge is 0.408 e. The molecule has 7 heteroatoms. The average molecular weight is 375 g/mol. The second-order valence-electron chi connectivity index (χ2n) is 7.93. The molecular weight excluding hydrogens is 346 g/mol. The number of amides is 2. The van der Waals surface area contributed by atoms with E-state index in [0.29, 0.717) is 18.7 Å². The third kappa shape index (κ3) is 3.48. The van der Waals surface area contributed by atoms with Gasteiger partial charge >= 0.3 is 11.8 Å². The molecule has 0 radical (unpaired) electrons. The highest BCUT2D eigenvalue weighted by molar-refractivity contribution is 5.74. The Morgan fingerprint density at radius 1 is 1.41 bits per heavy atom. The summed E-state index contributed by atoms with van der Waals surface area (Å²) < 4.78 is 12.1. The average Bonchev–Trinajstić information content (AvgIpc) is 2.89. The Kier molecular flexibility index (Phi) is 5.33. The number of oxazole rings is 1. The van der Waals surface area contributed by atoms with E-state index in [0.717, 1.165) is 30.3 Å². The van der Waals surface area contributed by atoms with Crippen LogP contribution < -0.4 is 11.5 Å². The minimum Gasteiger partial charge on any atom is -0.408 e. The number of rotatable bonds is 5. The van der Waals surface area contributed by atoms with Gasteiger partial charge in [-0.15, -0.1) is 0 Å². The maximum absolute atomic E-state index is 12.0. The number of urea groups is 1. The highest BCUT2D eigenvalue weighted by Crippen LogP contribution is 2.45. The van der Waals surface area contributed by atoms with Crippen molar-refractivity contribution in [1.29, 1.82) is 0 Å². The summed E-state index contributed by atoms with van der Waals surface area (Å²) in [7, 11) is 3.40. The summed E-state index contributed by atoms with van der Waals surface area (Å²) in [6.07, 6.45) is 2.66. The van der Waals surface area contributed by atoms with Crippen molar-refractivity contribution in [2.45, 2.75) is 44.6 Å². The number of nitrogens with zero attached hydrogens (tertiary/aromatic N) is 2. The van der Waals surface area contributed by atoms with E-state index in [1.54, 1.807) is 19.1 Å². The number of hydrogen-bond donors (Lipinski definition) is 1. The minimum absolute atomic E-state index is 0.224. The number of primary amides is 1. The third-order valence-electron chi connectivity index (χ3n) is 6.13. The molecule has 2 heterocycles. The summed E-state index contributed by atoms with van der Waals surface area (Å²) in [5.41, 5.74) is 7.81. The normalized spacial score (nSPS) is 22.3. The van der Waals surface area contributed by atoms with Crippen LogP contribution >= 0.6 is 0 Å². The molecule has 0 bridgehead atoms. The lowest BCUT2D eigenvalue weighted by atomic mass is 9.67. The maximum Gasteiger partial charge on any atom is 0.419 e. The quantitative estimate of drug-likeness (QED) is 0.814. The van der Waals surface area contributed by atoms with Crippen molar-refractivity contribution >= 4 is 17.1 Å². The molecule has 3 rings (SSSR count). The molecule has 1 fully saturated rings. The Bertz CT molecular complexity index is 883. The lowest BCUT2D eigenvalue weighted by Gasteiger charge is -2.51. The Balaban J connectivity index is 1.98. The van der Waals surface area contributed by atoms with Gasteiger partial charge in [-0.2, -0.15) is 0 Å². The van der Waals surface area contributed by atoms with Crippen LogP contribution in [0.25, 0.3) is 11.1 Å². The largest absolute Gasteiger partial charge is 0.419 e. The molecule has 2 amide bonds. The Hall–Kier alpha value is -2.28. The summed E-state index contributed by atoms with van der Waals surface area (Å²) in [5.74, 6) is 0.117. The van der Waals surface area contributed by atoms with Crippen molar-refractivity contribution in [3.8, 4) is 0 Å². The van der Waals surface area contributed by atoms with Crippen molar-refractivity contribution in [2.75, 3.05) is 20.3 Å². The Morgan fingerprint density at radius 3 is 2.81 bits per heavy atom. The first-order chi connectivity index (χ1) is 12.8. The van der Waals surface area contributed by atoms with E-state index < -0.39 is 0 Å². The summed E-state index contributed by atoms with van der Waals surface area (Å²) in [6, 6.07) is 5.61. The number of aryl methyl sites for hydroxylation is 1. The summed E-state index contributed by atoms with van der Waals surface area (Å²) in [4.78, 5) is 25.6. The predicted octanol–water partition coefficient (Wildman–Crippen LogP) is 2.82. The fourth-order valence-electron chi connectivity index (χ4n) is 4.63. The molecule has 0 spiro atoms. The molecule has 2 atom stereocenters. The van der Waals surface area contributed by atoms with Crippen molar-refractivity contribution < 1.29 is 13.9 Å². The molecular formula is C20H29N3O4. The zero-order valence-electron chi connectivity index (χ0n) is 16.5. The van der Waals surface area contributed by atoms with Gasteiger partial charge in [0.25, 0.3) is 0 Å². The lowest BCUT2D eigenvalue weighted by molar-refractivity contribution is 0.0319. The molecule has 2 unspecified atom stereocenters. The minimum atomic E-state index is -0.375. The zero-order valence-corrected chi connectivity index (χ0v) is 16.5. The van der Waals surface area contributed by atoms with Gasteiger partial charge in [0.05, 0.1) is 5.52 Å². The van der Waals surface area contributed by atoms with Crippen LogP contribution in [-0.2, 0) is 11.8 Å². The van der Waals surface area contributed by atoms with E-state index in [-0.39, 0.29) is 29.2 Å². The van der Waals surface area contributed by atoms with Crippen LogP contribution in [0.1, 0.15) is 44.6 Å². The van der Waals surface area contributed by atoms with Gasteiger partial charge < -0.3 is 19.8 Å². The summed E-state index contributed by atoms with van der Waals surface area (Å²) >= 11 is 0. The van der Waals surface area contributed by atoms with Crippen LogP contribution in [0.3, 0.4) is 0 Å². The summed E-state index contributed by atoms with van der Waals surface area (Å²) in [5, 5.41) is 0. The third-order valence-corrected chi connectivity index (χ3v) is 6.13. The molecule has 27 heavy (non-hydrogen) atoms. The van der Waals surface area contributed by atoms with E-state index >= 15 is 0 Å². The second kappa shape index (κ2) is 7.38. The fourth-order valence-corrected chi connectivity index (χ4v) is 4.63. The van der Waals surface area contributed by atoms with E-state index in [9.17, 15) is 9.59 Å². The topological polar surface area (TPSA) is 90.7 Å². The van der Waals surface area contributed by atoms with Gasteiger partial charge in [-0.25, -0.2) is 9.59 Å². The number of aromatic nitrogens is 1. The first kappa shape index (κ1) is 19.5. The van der Waals surface area contributed by atoms with Crippen LogP contribution in [0, 0.1) is 5.92 Å². The number of likely N-dealkylation sites (tertiary alicyclic amines) is 1. The van der Waals surface area contributed by atoms with Crippen LogP contribution in [0.15, 0.2) is 27.4 Å². The van der Waals surface area contributed by atoms with Gasteiger partial charge in [0.1, 0.15) is 0 Å². The number of methoxy groups -OCH3 is 1. The van der Waals surface area contributed by atoms with E-state index in [4.69, 9.17) is 14.9 Å². The number of nitrogens with two attached hydrogens (primary N) is 1. The molecule has 7 nitrogen and oxygen atoms in total. The number of piperidine rings is 1. The fraction of sp³-hybridized carbons (Fsp3) is 0.600. The van der Waals surface area contributed by atoms with Gasteiger partial charge in [-0.05, 0) is 62.6 Å². The number of carbonyl (C=O) groups excluding carboxylic acids is 1. The first-order valence-electron chi connectivity index (χ1n) is 9.43. The van der Waals surface area contributed by atoms with E-state index in [2.05, 4.69) is 19.9 Å². The van der Waals surface area contributed by atoms with Crippen LogP contribution in [-0.4, -0.2) is 41.3 Å². The van der Waals surface area contributed by atoms with Crippen molar-refractivity contribution in [1.82, 2.24) is 9.47 Å². The molecule has 1 aromatic carbocycles. The summed E-state index contributed by atoms with van der Waals surface area (Å²) in [6.45, 7) is 5.47. The molecule has 1 aliphatic heterocycles. The SMILES string of the molecule is COCCCC1C(c2ccc3c(c2)oc(=O)n3C)CCN(C(N)=O)C1(C)C. The van der Waals surface area contributed by atoms with Crippen LogP contribution in [0.5, 0.6) is 0 Å². The molecule has 2 aromatic rings. The predicted molar refractivity (Wildman–Crippen MR) is 104 cm³/mol. The van der Waals surface area contributed by atoms with Gasteiger partial charge in [0.15, 0.2) is 5.58 Å². The van der Waals surface area contributed by atoms with Gasteiger partial charge in [-0.3, -0.25) is 4.57 Å². The monoisotopic (exact) mass is 375 g/mol. The molecule has 2 N–H and O–H groups in total. The molecule has 148 valence electrons. The molecule has 1 aliphatic rings. The highest BCUT2D eigenvalue weighted by Gasteiger charge is 2.45. The number of hydrogen-bond acceptors (Lipinski definition) is 4. The Labute approximate surface area is 159 Å². The van der Waals surface area contributed by atoms with Crippen molar-refractivity contribution in [2.24, 2.45) is 18.7 Å². The number of benzene rings is 1. The lowest BCUT2D eigenvalue weighted by Crippen LogP contribution is -2.59. The zero-order chi connectivity index (χ0) is 19.8. The molecule has 1 saturated heterocycles. The van der Waals surface area contributed by atoms with E-state index in [1.165, 1.54) is 4.57 Å².